The van der Waals surface area contributed by atoms with Crippen molar-refractivity contribution in [3.63, 3.8) is 0 Å². The zero-order valence-corrected chi connectivity index (χ0v) is 8.12. The van der Waals surface area contributed by atoms with Crippen LogP contribution in [-0.4, -0.2) is 37.0 Å². The van der Waals surface area contributed by atoms with Crippen LogP contribution in [0.1, 0.15) is 19.3 Å². The summed E-state index contributed by atoms with van der Waals surface area (Å²) in [5.74, 6) is 0.532. The summed E-state index contributed by atoms with van der Waals surface area (Å²) >= 11 is 0. The van der Waals surface area contributed by atoms with Crippen molar-refractivity contribution < 1.29 is 9.63 Å². The molecule has 0 spiro atoms. The average Bonchev–Trinajstić information content (AvgIpc) is 2.61. The molecule has 2 fully saturated rings. The molecule has 1 amide bonds. The van der Waals surface area contributed by atoms with Gasteiger partial charge in [-0.3, -0.25) is 9.63 Å². The molecule has 3 unspecified atom stereocenters. The van der Waals surface area contributed by atoms with Gasteiger partial charge in [-0.25, -0.2) is 0 Å². The molecule has 1 heterocycles. The monoisotopic (exact) mass is 184 g/mol. The number of rotatable bonds is 1. The summed E-state index contributed by atoms with van der Waals surface area (Å²) in [4.78, 5) is 18.7. The van der Waals surface area contributed by atoms with E-state index in [1.54, 1.807) is 19.0 Å². The van der Waals surface area contributed by atoms with Crippen LogP contribution in [0.2, 0.25) is 0 Å². The number of fused-ring (bicyclic) bond motifs is 1. The quantitative estimate of drug-likeness (QED) is 0.630. The van der Waals surface area contributed by atoms with Gasteiger partial charge >= 0.3 is 0 Å². The number of carbonyl (C=O) groups is 1. The van der Waals surface area contributed by atoms with Gasteiger partial charge in [0.2, 0.25) is 5.91 Å². The first-order valence-electron chi connectivity index (χ1n) is 4.82. The standard InChI is InChI=1S/C9H16N2O2/c1-11(2)9(12)8-6-4-3-5-7(6)13-10-8/h6-8,10H,3-5H2,1-2H3. The summed E-state index contributed by atoms with van der Waals surface area (Å²) in [5.41, 5.74) is 2.85. The van der Waals surface area contributed by atoms with Crippen LogP contribution < -0.4 is 5.48 Å². The van der Waals surface area contributed by atoms with E-state index in [0.29, 0.717) is 5.92 Å². The molecular formula is C9H16N2O2. The minimum absolute atomic E-state index is 0.109. The summed E-state index contributed by atoms with van der Waals surface area (Å²) < 4.78 is 0. The van der Waals surface area contributed by atoms with Crippen molar-refractivity contribution in [1.29, 1.82) is 0 Å². The van der Waals surface area contributed by atoms with E-state index in [-0.39, 0.29) is 18.1 Å². The minimum Gasteiger partial charge on any atom is -0.347 e. The van der Waals surface area contributed by atoms with E-state index in [4.69, 9.17) is 4.84 Å². The molecule has 1 aliphatic heterocycles. The predicted molar refractivity (Wildman–Crippen MR) is 47.8 cm³/mol. The molecule has 3 atom stereocenters. The molecule has 1 N–H and O–H groups in total. The Morgan fingerprint density at radius 2 is 2.23 bits per heavy atom. The maximum Gasteiger partial charge on any atom is 0.241 e. The summed E-state index contributed by atoms with van der Waals surface area (Å²) in [6.07, 6.45) is 3.67. The Kier molecular flexibility index (Phi) is 2.26. The van der Waals surface area contributed by atoms with E-state index in [2.05, 4.69) is 5.48 Å². The largest absolute Gasteiger partial charge is 0.347 e. The van der Waals surface area contributed by atoms with E-state index in [1.165, 1.54) is 6.42 Å². The molecule has 1 aliphatic carbocycles. The Morgan fingerprint density at radius 1 is 1.46 bits per heavy atom. The Bertz CT molecular complexity index is 218. The Morgan fingerprint density at radius 3 is 2.92 bits per heavy atom. The molecule has 2 aliphatic rings. The Hall–Kier alpha value is -0.610. The van der Waals surface area contributed by atoms with E-state index >= 15 is 0 Å². The summed E-state index contributed by atoms with van der Waals surface area (Å²) in [7, 11) is 3.57. The molecule has 2 rings (SSSR count). The van der Waals surface area contributed by atoms with Crippen LogP contribution in [0, 0.1) is 5.92 Å². The Labute approximate surface area is 78.2 Å². The third kappa shape index (κ3) is 1.44. The lowest BCUT2D eigenvalue weighted by molar-refractivity contribution is -0.132. The number of hydrogen-bond donors (Lipinski definition) is 1. The molecule has 0 radical (unpaired) electrons. The van der Waals surface area contributed by atoms with Gasteiger partial charge in [0.25, 0.3) is 0 Å². The normalized spacial score (nSPS) is 37.5. The fraction of sp³-hybridized carbons (Fsp3) is 0.889. The SMILES string of the molecule is CN(C)C(=O)C1NOC2CCCC21. The topological polar surface area (TPSA) is 41.6 Å². The number of nitrogens with one attached hydrogen (secondary N) is 1. The molecule has 0 aromatic rings. The van der Waals surface area contributed by atoms with E-state index in [9.17, 15) is 4.79 Å². The predicted octanol–water partition coefficient (Wildman–Crippen LogP) is 0.147. The summed E-state index contributed by atoms with van der Waals surface area (Å²) in [6.45, 7) is 0. The smallest absolute Gasteiger partial charge is 0.241 e. The maximum atomic E-state index is 11.7. The van der Waals surface area contributed by atoms with Gasteiger partial charge in [0.1, 0.15) is 6.04 Å². The van der Waals surface area contributed by atoms with Crippen molar-refractivity contribution in [1.82, 2.24) is 10.4 Å². The lowest BCUT2D eigenvalue weighted by Crippen LogP contribution is -2.43. The van der Waals surface area contributed by atoms with Gasteiger partial charge in [0, 0.05) is 20.0 Å². The van der Waals surface area contributed by atoms with Crippen LogP contribution in [0.4, 0.5) is 0 Å². The summed E-state index contributed by atoms with van der Waals surface area (Å²) in [6, 6.07) is -0.109. The van der Waals surface area contributed by atoms with Gasteiger partial charge < -0.3 is 4.90 Å². The lowest BCUT2D eigenvalue weighted by atomic mass is 9.97. The van der Waals surface area contributed by atoms with Crippen molar-refractivity contribution in [3.05, 3.63) is 0 Å². The lowest BCUT2D eigenvalue weighted by Gasteiger charge is -2.19. The van der Waals surface area contributed by atoms with Crippen molar-refractivity contribution in [2.24, 2.45) is 5.92 Å². The molecule has 1 saturated carbocycles. The maximum absolute atomic E-state index is 11.7. The molecule has 13 heavy (non-hydrogen) atoms. The van der Waals surface area contributed by atoms with Gasteiger partial charge in [0.15, 0.2) is 0 Å². The second-order valence-electron chi connectivity index (χ2n) is 4.08. The second-order valence-corrected chi connectivity index (χ2v) is 4.08. The molecule has 0 aromatic heterocycles. The highest BCUT2D eigenvalue weighted by molar-refractivity contribution is 5.82. The van der Waals surface area contributed by atoms with Crippen LogP contribution in [0.25, 0.3) is 0 Å². The number of likely N-dealkylation sites (N-methyl/N-ethyl adjacent to an activating group) is 1. The third-order valence-corrected chi connectivity index (χ3v) is 2.99. The molecule has 74 valence electrons. The van der Waals surface area contributed by atoms with Crippen LogP contribution in [0.15, 0.2) is 0 Å². The first kappa shape index (κ1) is 8.97. The van der Waals surface area contributed by atoms with Crippen LogP contribution in [0.5, 0.6) is 0 Å². The number of hydrogen-bond acceptors (Lipinski definition) is 3. The zero-order chi connectivity index (χ0) is 9.42. The van der Waals surface area contributed by atoms with Gasteiger partial charge in [0.05, 0.1) is 6.10 Å². The number of nitrogens with zero attached hydrogens (tertiary/aromatic N) is 1. The Balaban J connectivity index is 2.04. The second kappa shape index (κ2) is 3.27. The number of hydroxylamine groups is 1. The van der Waals surface area contributed by atoms with E-state index < -0.39 is 0 Å². The van der Waals surface area contributed by atoms with Crippen molar-refractivity contribution >= 4 is 5.91 Å². The molecule has 0 aromatic carbocycles. The van der Waals surface area contributed by atoms with Gasteiger partial charge in [-0.2, -0.15) is 5.48 Å². The van der Waals surface area contributed by atoms with Crippen LogP contribution in [-0.2, 0) is 9.63 Å². The van der Waals surface area contributed by atoms with Crippen LogP contribution in [0.3, 0.4) is 0 Å². The highest BCUT2D eigenvalue weighted by Crippen LogP contribution is 2.34. The first-order chi connectivity index (χ1) is 6.20. The first-order valence-corrected chi connectivity index (χ1v) is 4.82. The van der Waals surface area contributed by atoms with Gasteiger partial charge in [-0.1, -0.05) is 6.42 Å². The molecular weight excluding hydrogens is 168 g/mol. The van der Waals surface area contributed by atoms with E-state index in [1.807, 2.05) is 0 Å². The van der Waals surface area contributed by atoms with Crippen molar-refractivity contribution in [2.75, 3.05) is 14.1 Å². The van der Waals surface area contributed by atoms with Gasteiger partial charge in [-0.05, 0) is 12.8 Å². The fourth-order valence-corrected chi connectivity index (χ4v) is 2.24. The summed E-state index contributed by atoms with van der Waals surface area (Å²) in [5, 5.41) is 0. The zero-order valence-electron chi connectivity index (χ0n) is 8.12. The highest BCUT2D eigenvalue weighted by Gasteiger charge is 2.44. The number of carbonyl (C=O) groups excluding carboxylic acids is 1. The van der Waals surface area contributed by atoms with E-state index in [0.717, 1.165) is 12.8 Å². The van der Waals surface area contributed by atoms with Crippen molar-refractivity contribution in [3.8, 4) is 0 Å². The molecule has 4 heteroatoms. The number of amides is 1. The minimum atomic E-state index is -0.109. The van der Waals surface area contributed by atoms with Gasteiger partial charge in [-0.15, -0.1) is 0 Å². The molecule has 0 bridgehead atoms. The van der Waals surface area contributed by atoms with Crippen molar-refractivity contribution in [2.45, 2.75) is 31.4 Å². The molecule has 1 saturated heterocycles. The highest BCUT2D eigenvalue weighted by atomic mass is 16.7. The average molecular weight is 184 g/mol. The third-order valence-electron chi connectivity index (χ3n) is 2.99. The van der Waals surface area contributed by atoms with Crippen LogP contribution >= 0.6 is 0 Å². The fourth-order valence-electron chi connectivity index (χ4n) is 2.24. The molecule has 4 nitrogen and oxygen atoms in total.